The Kier molecular flexibility index (Phi) is 6.32. The number of fused-ring (bicyclic) bond motifs is 1. The van der Waals surface area contributed by atoms with Crippen LogP contribution in [0.2, 0.25) is 0 Å². The van der Waals surface area contributed by atoms with Gasteiger partial charge in [-0.2, -0.15) is 5.10 Å². The highest BCUT2D eigenvalue weighted by Gasteiger charge is 2.11. The lowest BCUT2D eigenvalue weighted by atomic mass is 10.1. The first-order chi connectivity index (χ1) is 15.6. The molecule has 0 radical (unpaired) electrons. The van der Waals surface area contributed by atoms with Gasteiger partial charge in [-0.25, -0.2) is 5.43 Å². The van der Waals surface area contributed by atoms with E-state index in [1.165, 1.54) is 36.2 Å². The van der Waals surface area contributed by atoms with Crippen molar-refractivity contribution in [3.8, 4) is 17.2 Å². The van der Waals surface area contributed by atoms with Crippen molar-refractivity contribution in [2.24, 2.45) is 5.10 Å². The van der Waals surface area contributed by atoms with E-state index in [0.29, 0.717) is 12.4 Å². The third-order valence-electron chi connectivity index (χ3n) is 4.98. The third kappa shape index (κ3) is 4.87. The molecule has 0 aliphatic rings. The van der Waals surface area contributed by atoms with Gasteiger partial charge in [0.25, 0.3) is 5.91 Å². The molecule has 4 aromatic rings. The van der Waals surface area contributed by atoms with Gasteiger partial charge in [-0.3, -0.25) is 4.79 Å². The topological polar surface area (TPSA) is 80.2 Å². The Morgan fingerprint density at radius 2 is 1.72 bits per heavy atom. The lowest BCUT2D eigenvalue weighted by Gasteiger charge is -2.09. The highest BCUT2D eigenvalue weighted by molar-refractivity contribution is 5.97. The van der Waals surface area contributed by atoms with E-state index < -0.39 is 5.91 Å². The minimum absolute atomic E-state index is 0.111. The Morgan fingerprint density at radius 1 is 0.969 bits per heavy atom. The Labute approximate surface area is 185 Å². The zero-order valence-electron chi connectivity index (χ0n) is 17.5. The lowest BCUT2D eigenvalue weighted by molar-refractivity contribution is 0.0952. The maximum atomic E-state index is 12.2. The number of nitrogens with zero attached hydrogens (tertiary/aromatic N) is 1. The van der Waals surface area contributed by atoms with E-state index in [-0.39, 0.29) is 11.3 Å². The number of carbonyl (C=O) groups excluding carboxylic acids is 1. The van der Waals surface area contributed by atoms with Crippen molar-refractivity contribution in [3.05, 3.63) is 102 Å². The monoisotopic (exact) mass is 426 g/mol. The average molecular weight is 426 g/mol. The van der Waals surface area contributed by atoms with Crippen molar-refractivity contribution in [2.45, 2.75) is 6.61 Å². The first-order valence-electron chi connectivity index (χ1n) is 10.0. The Bertz CT molecular complexity index is 1260. The van der Waals surface area contributed by atoms with Crippen LogP contribution < -0.4 is 14.9 Å². The van der Waals surface area contributed by atoms with Crippen LogP contribution in [0.3, 0.4) is 0 Å². The number of aromatic hydroxyl groups is 1. The van der Waals surface area contributed by atoms with Gasteiger partial charge in [-0.05, 0) is 58.3 Å². The molecule has 4 aromatic carbocycles. The molecule has 0 unspecified atom stereocenters. The summed E-state index contributed by atoms with van der Waals surface area (Å²) in [7, 11) is 1.48. The van der Waals surface area contributed by atoms with Gasteiger partial charge in [-0.1, -0.05) is 42.5 Å². The van der Waals surface area contributed by atoms with Crippen molar-refractivity contribution in [1.29, 1.82) is 0 Å². The number of nitrogens with one attached hydrogen (secondary N) is 1. The zero-order chi connectivity index (χ0) is 22.3. The molecule has 4 rings (SSSR count). The maximum absolute atomic E-state index is 12.2. The number of carbonyl (C=O) groups is 1. The summed E-state index contributed by atoms with van der Waals surface area (Å²) in [6, 6.07) is 26.2. The SMILES string of the molecule is COc1ccc(C(=O)N/N=C\c2ccc(OCc3cccc4ccccc34)cc2)c(O)c1. The summed E-state index contributed by atoms with van der Waals surface area (Å²) < 4.78 is 10.9. The Balaban J connectivity index is 1.34. The summed E-state index contributed by atoms with van der Waals surface area (Å²) in [5, 5.41) is 16.2. The smallest absolute Gasteiger partial charge is 0.275 e. The van der Waals surface area contributed by atoms with E-state index in [1.807, 2.05) is 42.5 Å². The summed E-state index contributed by atoms with van der Waals surface area (Å²) >= 11 is 0. The molecule has 0 aromatic heterocycles. The van der Waals surface area contributed by atoms with E-state index in [0.717, 1.165) is 16.9 Å². The first-order valence-corrected chi connectivity index (χ1v) is 10.0. The van der Waals surface area contributed by atoms with Crippen LogP contribution in [0.1, 0.15) is 21.5 Å². The molecule has 0 saturated carbocycles. The number of benzene rings is 4. The standard InChI is InChI=1S/C26H22N2O4/c1-31-22-13-14-24(25(29)15-22)26(30)28-27-16-18-9-11-21(12-10-18)32-17-20-7-4-6-19-5-2-3-8-23(19)20/h2-16,29H,17H2,1H3,(H,28,30)/b27-16-. The van der Waals surface area contributed by atoms with Crippen molar-refractivity contribution in [2.75, 3.05) is 7.11 Å². The summed E-state index contributed by atoms with van der Waals surface area (Å²) in [4.78, 5) is 12.2. The highest BCUT2D eigenvalue weighted by Crippen LogP contribution is 2.23. The zero-order valence-corrected chi connectivity index (χ0v) is 17.5. The van der Waals surface area contributed by atoms with Crippen molar-refractivity contribution >= 4 is 22.9 Å². The molecule has 6 nitrogen and oxygen atoms in total. The van der Waals surface area contributed by atoms with Gasteiger partial charge in [0, 0.05) is 6.07 Å². The molecule has 0 saturated heterocycles. The van der Waals surface area contributed by atoms with E-state index in [9.17, 15) is 9.90 Å². The maximum Gasteiger partial charge on any atom is 0.275 e. The van der Waals surface area contributed by atoms with Gasteiger partial charge < -0.3 is 14.6 Å². The number of phenols is 1. The molecule has 0 heterocycles. The van der Waals surface area contributed by atoms with Crippen LogP contribution in [-0.4, -0.2) is 24.3 Å². The second-order valence-electron chi connectivity index (χ2n) is 7.08. The number of methoxy groups -OCH3 is 1. The summed E-state index contributed by atoms with van der Waals surface area (Å²) in [6.45, 7) is 0.468. The number of amides is 1. The van der Waals surface area contributed by atoms with E-state index in [2.05, 4.69) is 34.8 Å². The molecule has 0 aliphatic heterocycles. The van der Waals surface area contributed by atoms with Gasteiger partial charge in [0.2, 0.25) is 0 Å². The highest BCUT2D eigenvalue weighted by atomic mass is 16.5. The second-order valence-corrected chi connectivity index (χ2v) is 7.08. The van der Waals surface area contributed by atoms with Gasteiger partial charge in [0.05, 0.1) is 18.9 Å². The lowest BCUT2D eigenvalue weighted by Crippen LogP contribution is -2.17. The minimum atomic E-state index is -0.517. The first kappa shape index (κ1) is 20.9. The van der Waals surface area contributed by atoms with Crippen molar-refractivity contribution in [1.82, 2.24) is 5.43 Å². The molecule has 0 aliphatic carbocycles. The number of phenolic OH excluding ortho intramolecular Hbond substituents is 1. The van der Waals surface area contributed by atoms with Crippen LogP contribution in [-0.2, 0) is 6.61 Å². The molecule has 0 bridgehead atoms. The van der Waals surface area contributed by atoms with Gasteiger partial charge in [0.1, 0.15) is 23.9 Å². The molecule has 1 amide bonds. The van der Waals surface area contributed by atoms with Crippen LogP contribution in [0.25, 0.3) is 10.8 Å². The fourth-order valence-electron chi connectivity index (χ4n) is 3.29. The van der Waals surface area contributed by atoms with Gasteiger partial charge >= 0.3 is 0 Å². The van der Waals surface area contributed by atoms with Crippen LogP contribution in [0.15, 0.2) is 90.0 Å². The molecule has 0 atom stereocenters. The molecule has 0 spiro atoms. The number of ether oxygens (including phenoxy) is 2. The number of rotatable bonds is 7. The van der Waals surface area contributed by atoms with Crippen LogP contribution >= 0.6 is 0 Å². The predicted octanol–water partition coefficient (Wildman–Crippen LogP) is 4.90. The average Bonchev–Trinajstić information content (AvgIpc) is 2.83. The van der Waals surface area contributed by atoms with Gasteiger partial charge in [-0.15, -0.1) is 0 Å². The quantitative estimate of drug-likeness (QED) is 0.325. The Morgan fingerprint density at radius 3 is 2.50 bits per heavy atom. The summed E-state index contributed by atoms with van der Waals surface area (Å²) in [6.07, 6.45) is 1.52. The van der Waals surface area contributed by atoms with Gasteiger partial charge in [0.15, 0.2) is 0 Å². The van der Waals surface area contributed by atoms with E-state index in [4.69, 9.17) is 9.47 Å². The van der Waals surface area contributed by atoms with Crippen LogP contribution in [0.5, 0.6) is 17.2 Å². The molecule has 160 valence electrons. The summed E-state index contributed by atoms with van der Waals surface area (Å²) in [5.74, 6) is 0.508. The fourth-order valence-corrected chi connectivity index (χ4v) is 3.29. The van der Waals surface area contributed by atoms with Crippen molar-refractivity contribution in [3.63, 3.8) is 0 Å². The number of hydrazone groups is 1. The molecule has 32 heavy (non-hydrogen) atoms. The molecular weight excluding hydrogens is 404 g/mol. The molecule has 6 heteroatoms. The largest absolute Gasteiger partial charge is 0.507 e. The number of hydrogen-bond donors (Lipinski definition) is 2. The molecule has 2 N–H and O–H groups in total. The minimum Gasteiger partial charge on any atom is -0.507 e. The van der Waals surface area contributed by atoms with E-state index in [1.54, 1.807) is 6.07 Å². The number of hydrogen-bond acceptors (Lipinski definition) is 5. The van der Waals surface area contributed by atoms with Crippen molar-refractivity contribution < 1.29 is 19.4 Å². The molecule has 0 fully saturated rings. The molecular formula is C26H22N2O4. The fraction of sp³-hybridized carbons (Fsp3) is 0.0769. The third-order valence-corrected chi connectivity index (χ3v) is 4.98. The summed E-state index contributed by atoms with van der Waals surface area (Å²) in [5.41, 5.74) is 4.43. The normalized spacial score (nSPS) is 10.9. The second kappa shape index (κ2) is 9.66. The Hall–Kier alpha value is -4.32. The van der Waals surface area contributed by atoms with E-state index >= 15 is 0 Å². The predicted molar refractivity (Wildman–Crippen MR) is 124 cm³/mol. The van der Waals surface area contributed by atoms with Crippen LogP contribution in [0, 0.1) is 0 Å². The van der Waals surface area contributed by atoms with Crippen LogP contribution in [0.4, 0.5) is 0 Å².